The van der Waals surface area contributed by atoms with Crippen LogP contribution in [-0.2, 0) is 4.79 Å². The lowest BCUT2D eigenvalue weighted by atomic mass is 10.1. The smallest absolute Gasteiger partial charge is 0.244 e. The maximum atomic E-state index is 11.8. The van der Waals surface area contributed by atoms with Gasteiger partial charge in [0.05, 0.1) is 11.4 Å². The minimum absolute atomic E-state index is 0.00793. The standard InChI is InChI=1S/C15H15N3O/c1-16-11-5-4-6-12(9-11)18-10-15(19)17-13-7-2-3-8-14(13)18/h2-9,16H,10H2,1H3,(H,17,19). The number of hydrogen-bond acceptors (Lipinski definition) is 3. The van der Waals surface area contributed by atoms with E-state index in [2.05, 4.69) is 10.6 Å². The Labute approximate surface area is 112 Å². The first-order valence-corrected chi connectivity index (χ1v) is 6.22. The second-order valence-corrected chi connectivity index (χ2v) is 4.45. The summed E-state index contributed by atoms with van der Waals surface area (Å²) in [5.41, 5.74) is 3.92. The predicted octanol–water partition coefficient (Wildman–Crippen LogP) is 2.82. The van der Waals surface area contributed by atoms with Crippen molar-refractivity contribution in [3.05, 3.63) is 48.5 Å². The lowest BCUT2D eigenvalue weighted by Crippen LogP contribution is -2.34. The van der Waals surface area contributed by atoms with Crippen molar-refractivity contribution < 1.29 is 4.79 Å². The molecular weight excluding hydrogens is 238 g/mol. The number of carbonyl (C=O) groups is 1. The lowest BCUT2D eigenvalue weighted by Gasteiger charge is -2.31. The first-order valence-electron chi connectivity index (χ1n) is 6.22. The topological polar surface area (TPSA) is 44.4 Å². The Hall–Kier alpha value is -2.49. The molecule has 0 fully saturated rings. The van der Waals surface area contributed by atoms with Crippen molar-refractivity contribution >= 4 is 28.7 Å². The summed E-state index contributed by atoms with van der Waals surface area (Å²) in [6, 6.07) is 15.9. The number of hydrogen-bond donors (Lipinski definition) is 2. The van der Waals surface area contributed by atoms with Crippen molar-refractivity contribution in [2.75, 3.05) is 29.1 Å². The molecule has 1 aliphatic rings. The van der Waals surface area contributed by atoms with Gasteiger partial charge in [-0.25, -0.2) is 0 Å². The van der Waals surface area contributed by atoms with E-state index in [1.807, 2.05) is 60.5 Å². The SMILES string of the molecule is CNc1cccc(N2CC(=O)Nc3ccccc32)c1. The number of fused-ring (bicyclic) bond motifs is 1. The largest absolute Gasteiger partial charge is 0.388 e. The molecule has 0 saturated carbocycles. The Bertz CT molecular complexity index is 624. The van der Waals surface area contributed by atoms with Gasteiger partial charge >= 0.3 is 0 Å². The molecule has 1 aliphatic heterocycles. The van der Waals surface area contributed by atoms with Gasteiger partial charge < -0.3 is 15.5 Å². The van der Waals surface area contributed by atoms with Crippen LogP contribution < -0.4 is 15.5 Å². The van der Waals surface area contributed by atoms with E-state index in [4.69, 9.17) is 0 Å². The normalized spacial score (nSPS) is 13.7. The Morgan fingerprint density at radius 3 is 2.84 bits per heavy atom. The number of benzene rings is 2. The third-order valence-electron chi connectivity index (χ3n) is 3.22. The number of amides is 1. The zero-order chi connectivity index (χ0) is 13.2. The van der Waals surface area contributed by atoms with Gasteiger partial charge in [-0.15, -0.1) is 0 Å². The molecule has 0 aliphatic carbocycles. The van der Waals surface area contributed by atoms with Crippen molar-refractivity contribution in [2.45, 2.75) is 0 Å². The average Bonchev–Trinajstić information content (AvgIpc) is 2.46. The fourth-order valence-corrected chi connectivity index (χ4v) is 2.29. The Balaban J connectivity index is 2.07. The van der Waals surface area contributed by atoms with E-state index in [1.54, 1.807) is 0 Å². The molecule has 4 nitrogen and oxygen atoms in total. The number of nitrogens with one attached hydrogen (secondary N) is 2. The third-order valence-corrected chi connectivity index (χ3v) is 3.22. The summed E-state index contributed by atoms with van der Waals surface area (Å²) in [7, 11) is 1.88. The van der Waals surface area contributed by atoms with E-state index < -0.39 is 0 Å². The van der Waals surface area contributed by atoms with E-state index in [9.17, 15) is 4.79 Å². The van der Waals surface area contributed by atoms with Crippen LogP contribution in [0.3, 0.4) is 0 Å². The highest BCUT2D eigenvalue weighted by molar-refractivity contribution is 6.03. The van der Waals surface area contributed by atoms with Crippen LogP contribution in [0, 0.1) is 0 Å². The quantitative estimate of drug-likeness (QED) is 0.865. The summed E-state index contributed by atoms with van der Waals surface area (Å²) in [4.78, 5) is 13.8. The van der Waals surface area contributed by atoms with Crippen molar-refractivity contribution in [2.24, 2.45) is 0 Å². The molecule has 3 rings (SSSR count). The van der Waals surface area contributed by atoms with Crippen LogP contribution in [-0.4, -0.2) is 19.5 Å². The molecule has 0 aromatic heterocycles. The van der Waals surface area contributed by atoms with Crippen molar-refractivity contribution in [1.82, 2.24) is 0 Å². The molecule has 2 aromatic carbocycles. The van der Waals surface area contributed by atoms with Gasteiger partial charge in [0.1, 0.15) is 6.54 Å². The van der Waals surface area contributed by atoms with Crippen LogP contribution in [0.4, 0.5) is 22.7 Å². The summed E-state index contributed by atoms with van der Waals surface area (Å²) in [6.45, 7) is 0.337. The number of carbonyl (C=O) groups excluding carboxylic acids is 1. The monoisotopic (exact) mass is 253 g/mol. The van der Waals surface area contributed by atoms with Gasteiger partial charge in [-0.2, -0.15) is 0 Å². The molecule has 1 heterocycles. The summed E-state index contributed by atoms with van der Waals surface area (Å²) >= 11 is 0. The molecular formula is C15H15N3O. The maximum Gasteiger partial charge on any atom is 0.244 e. The van der Waals surface area contributed by atoms with E-state index in [0.717, 1.165) is 22.7 Å². The van der Waals surface area contributed by atoms with Crippen LogP contribution in [0.1, 0.15) is 0 Å². The summed E-state index contributed by atoms with van der Waals surface area (Å²) in [5.74, 6) is 0.00793. The fraction of sp³-hybridized carbons (Fsp3) is 0.133. The van der Waals surface area contributed by atoms with Crippen LogP contribution in [0.2, 0.25) is 0 Å². The molecule has 4 heteroatoms. The van der Waals surface area contributed by atoms with Crippen molar-refractivity contribution in [3.8, 4) is 0 Å². The number of anilines is 4. The van der Waals surface area contributed by atoms with Gasteiger partial charge in [0.25, 0.3) is 0 Å². The molecule has 0 bridgehead atoms. The number of para-hydroxylation sites is 2. The zero-order valence-corrected chi connectivity index (χ0v) is 10.7. The van der Waals surface area contributed by atoms with Gasteiger partial charge in [0.15, 0.2) is 0 Å². The van der Waals surface area contributed by atoms with Crippen LogP contribution in [0.25, 0.3) is 0 Å². The highest BCUT2D eigenvalue weighted by atomic mass is 16.2. The van der Waals surface area contributed by atoms with Gasteiger partial charge in [-0.1, -0.05) is 18.2 Å². The molecule has 2 aromatic rings. The molecule has 0 saturated heterocycles. The highest BCUT2D eigenvalue weighted by Gasteiger charge is 2.22. The fourth-order valence-electron chi connectivity index (χ4n) is 2.29. The first-order chi connectivity index (χ1) is 9.28. The van der Waals surface area contributed by atoms with Crippen LogP contribution in [0.15, 0.2) is 48.5 Å². The molecule has 0 spiro atoms. The van der Waals surface area contributed by atoms with Crippen LogP contribution in [0.5, 0.6) is 0 Å². The van der Waals surface area contributed by atoms with Gasteiger partial charge in [-0.05, 0) is 30.3 Å². The minimum Gasteiger partial charge on any atom is -0.388 e. The van der Waals surface area contributed by atoms with Crippen molar-refractivity contribution in [3.63, 3.8) is 0 Å². The molecule has 19 heavy (non-hydrogen) atoms. The molecule has 0 unspecified atom stereocenters. The maximum absolute atomic E-state index is 11.8. The summed E-state index contributed by atoms with van der Waals surface area (Å²) < 4.78 is 0. The van der Waals surface area contributed by atoms with Gasteiger partial charge in [0, 0.05) is 18.4 Å². The summed E-state index contributed by atoms with van der Waals surface area (Å²) in [5, 5.41) is 6.01. The number of nitrogens with zero attached hydrogens (tertiary/aromatic N) is 1. The molecule has 96 valence electrons. The molecule has 0 radical (unpaired) electrons. The van der Waals surface area contributed by atoms with Gasteiger partial charge in [-0.3, -0.25) is 4.79 Å². The zero-order valence-electron chi connectivity index (χ0n) is 10.7. The van der Waals surface area contributed by atoms with E-state index in [-0.39, 0.29) is 5.91 Å². The average molecular weight is 253 g/mol. The molecule has 2 N–H and O–H groups in total. The Morgan fingerprint density at radius 2 is 2.00 bits per heavy atom. The predicted molar refractivity (Wildman–Crippen MR) is 78.1 cm³/mol. The second kappa shape index (κ2) is 4.65. The van der Waals surface area contributed by atoms with E-state index in [0.29, 0.717) is 6.54 Å². The van der Waals surface area contributed by atoms with Gasteiger partial charge in [0.2, 0.25) is 5.91 Å². The minimum atomic E-state index is 0.00793. The number of rotatable bonds is 2. The Kier molecular flexibility index (Phi) is 2.83. The van der Waals surface area contributed by atoms with E-state index >= 15 is 0 Å². The lowest BCUT2D eigenvalue weighted by molar-refractivity contribution is -0.115. The van der Waals surface area contributed by atoms with Crippen LogP contribution >= 0.6 is 0 Å². The highest BCUT2D eigenvalue weighted by Crippen LogP contribution is 2.35. The van der Waals surface area contributed by atoms with E-state index in [1.165, 1.54) is 0 Å². The summed E-state index contributed by atoms with van der Waals surface area (Å²) in [6.07, 6.45) is 0. The Morgan fingerprint density at radius 1 is 1.16 bits per heavy atom. The first kappa shape index (κ1) is 11.6. The second-order valence-electron chi connectivity index (χ2n) is 4.45. The van der Waals surface area contributed by atoms with Crippen molar-refractivity contribution in [1.29, 1.82) is 0 Å². The molecule has 1 amide bonds. The third kappa shape index (κ3) is 2.12. The molecule has 0 atom stereocenters.